The fourth-order valence-corrected chi connectivity index (χ4v) is 3.26. The largest absolute Gasteiger partial charge is 0.347 e. The van der Waals surface area contributed by atoms with Crippen molar-refractivity contribution in [3.63, 3.8) is 0 Å². The van der Waals surface area contributed by atoms with Crippen LogP contribution in [-0.4, -0.2) is 22.9 Å². The van der Waals surface area contributed by atoms with Gasteiger partial charge in [0.05, 0.1) is 24.6 Å². The SMILES string of the molecule is N#CCC[C@@H](C#N)Cn1nc(N2CCCC2)sc1=S. The molecule has 0 spiro atoms. The predicted octanol–water partition coefficient (Wildman–Crippen LogP) is 2.72. The van der Waals surface area contributed by atoms with Crippen LogP contribution in [0.3, 0.4) is 0 Å². The summed E-state index contributed by atoms with van der Waals surface area (Å²) in [5, 5.41) is 23.1. The molecule has 0 amide bonds. The van der Waals surface area contributed by atoms with E-state index in [1.807, 2.05) is 0 Å². The smallest absolute Gasteiger partial charge is 0.207 e. The van der Waals surface area contributed by atoms with Crippen molar-refractivity contribution < 1.29 is 0 Å². The molecule has 1 aromatic heterocycles. The third kappa shape index (κ3) is 3.52. The van der Waals surface area contributed by atoms with Gasteiger partial charge in [0, 0.05) is 19.5 Å². The lowest BCUT2D eigenvalue weighted by molar-refractivity contribution is 0.473. The lowest BCUT2D eigenvalue weighted by Gasteiger charge is -2.12. The van der Waals surface area contributed by atoms with Crippen LogP contribution in [0.25, 0.3) is 0 Å². The topological polar surface area (TPSA) is 68.6 Å². The molecule has 1 aliphatic rings. The standard InChI is InChI=1S/C12H15N5S2/c13-5-3-4-10(8-14)9-17-12(18)19-11(15-17)16-6-1-2-7-16/h10H,1-4,6-7,9H2/t10-/m0/s1. The van der Waals surface area contributed by atoms with Gasteiger partial charge in [0.1, 0.15) is 0 Å². The van der Waals surface area contributed by atoms with Crippen molar-refractivity contribution in [2.24, 2.45) is 5.92 Å². The van der Waals surface area contributed by atoms with E-state index in [4.69, 9.17) is 22.7 Å². The predicted molar refractivity (Wildman–Crippen MR) is 76.3 cm³/mol. The minimum Gasteiger partial charge on any atom is -0.347 e. The van der Waals surface area contributed by atoms with Gasteiger partial charge in [-0.15, -0.1) is 5.10 Å². The van der Waals surface area contributed by atoms with Crippen molar-refractivity contribution in [1.82, 2.24) is 9.78 Å². The van der Waals surface area contributed by atoms with Crippen LogP contribution in [0.2, 0.25) is 0 Å². The highest BCUT2D eigenvalue weighted by molar-refractivity contribution is 7.73. The Bertz CT molecular complexity index is 556. The Morgan fingerprint density at radius 2 is 2.11 bits per heavy atom. The summed E-state index contributed by atoms with van der Waals surface area (Å²) >= 11 is 6.81. The highest BCUT2D eigenvalue weighted by atomic mass is 32.1. The molecule has 0 unspecified atom stereocenters. The lowest BCUT2D eigenvalue weighted by atomic mass is 10.1. The molecular weight excluding hydrogens is 278 g/mol. The molecule has 0 radical (unpaired) electrons. The molecule has 0 N–H and O–H groups in total. The normalized spacial score (nSPS) is 16.0. The number of aromatic nitrogens is 2. The van der Waals surface area contributed by atoms with E-state index in [1.165, 1.54) is 24.2 Å². The fraction of sp³-hybridized carbons (Fsp3) is 0.667. The molecule has 0 aromatic carbocycles. The molecule has 2 rings (SSSR count). The van der Waals surface area contributed by atoms with Crippen LogP contribution in [0.5, 0.6) is 0 Å². The van der Waals surface area contributed by atoms with Crippen molar-refractivity contribution in [3.05, 3.63) is 3.95 Å². The van der Waals surface area contributed by atoms with Crippen molar-refractivity contribution >= 4 is 28.7 Å². The Morgan fingerprint density at radius 3 is 2.74 bits per heavy atom. The van der Waals surface area contributed by atoms with E-state index < -0.39 is 0 Å². The summed E-state index contributed by atoms with van der Waals surface area (Å²) in [6, 6.07) is 4.29. The van der Waals surface area contributed by atoms with Crippen LogP contribution < -0.4 is 4.90 Å². The molecule has 7 heteroatoms. The molecule has 0 saturated carbocycles. The Kier molecular flexibility index (Phi) is 4.89. The van der Waals surface area contributed by atoms with Crippen LogP contribution in [0.4, 0.5) is 5.13 Å². The lowest BCUT2D eigenvalue weighted by Crippen LogP contribution is -2.18. The zero-order chi connectivity index (χ0) is 13.7. The quantitative estimate of drug-likeness (QED) is 0.781. The number of nitrogens with zero attached hydrogens (tertiary/aromatic N) is 5. The second-order valence-electron chi connectivity index (χ2n) is 4.55. The third-order valence-corrected chi connectivity index (χ3v) is 4.52. The zero-order valence-corrected chi connectivity index (χ0v) is 12.2. The van der Waals surface area contributed by atoms with Gasteiger partial charge in [-0.2, -0.15) is 10.5 Å². The molecule has 100 valence electrons. The molecular formula is C12H15N5S2. The van der Waals surface area contributed by atoms with E-state index in [0.717, 1.165) is 18.2 Å². The molecule has 0 bridgehead atoms. The summed E-state index contributed by atoms with van der Waals surface area (Å²) in [6.07, 6.45) is 3.38. The average Bonchev–Trinajstić information content (AvgIpc) is 3.04. The first-order valence-electron chi connectivity index (χ1n) is 6.34. The molecule has 1 fully saturated rings. The highest BCUT2D eigenvalue weighted by Gasteiger charge is 2.18. The number of nitriles is 2. The van der Waals surface area contributed by atoms with Crippen molar-refractivity contribution in [3.8, 4) is 12.1 Å². The number of hydrogen-bond donors (Lipinski definition) is 0. The molecule has 5 nitrogen and oxygen atoms in total. The second kappa shape index (κ2) is 6.65. The van der Waals surface area contributed by atoms with Crippen molar-refractivity contribution in [2.45, 2.75) is 32.2 Å². The average molecular weight is 293 g/mol. The van der Waals surface area contributed by atoms with Crippen molar-refractivity contribution in [1.29, 1.82) is 10.5 Å². The van der Waals surface area contributed by atoms with Gasteiger partial charge >= 0.3 is 0 Å². The van der Waals surface area contributed by atoms with Gasteiger partial charge in [-0.25, -0.2) is 4.68 Å². The van der Waals surface area contributed by atoms with Crippen LogP contribution in [-0.2, 0) is 6.54 Å². The maximum atomic E-state index is 9.08. The van der Waals surface area contributed by atoms with Crippen LogP contribution in [0.1, 0.15) is 25.7 Å². The van der Waals surface area contributed by atoms with E-state index in [-0.39, 0.29) is 5.92 Å². The minimum absolute atomic E-state index is 0.195. The van der Waals surface area contributed by atoms with E-state index >= 15 is 0 Å². The van der Waals surface area contributed by atoms with Gasteiger partial charge in [-0.3, -0.25) is 0 Å². The van der Waals surface area contributed by atoms with Gasteiger partial charge in [0.25, 0.3) is 0 Å². The van der Waals surface area contributed by atoms with Gasteiger partial charge in [0.2, 0.25) is 5.13 Å². The summed E-state index contributed by atoms with van der Waals surface area (Å²) in [4.78, 5) is 2.24. The molecule has 1 aromatic rings. The number of rotatable bonds is 5. The zero-order valence-electron chi connectivity index (χ0n) is 10.6. The monoisotopic (exact) mass is 293 g/mol. The van der Waals surface area contributed by atoms with E-state index in [2.05, 4.69) is 22.1 Å². The fourth-order valence-electron chi connectivity index (χ4n) is 2.09. The van der Waals surface area contributed by atoms with E-state index in [1.54, 1.807) is 4.68 Å². The molecule has 1 atom stereocenters. The van der Waals surface area contributed by atoms with Crippen LogP contribution in [0.15, 0.2) is 0 Å². The van der Waals surface area contributed by atoms with Gasteiger partial charge < -0.3 is 4.90 Å². The first kappa shape index (κ1) is 14.0. The summed E-state index contributed by atoms with van der Waals surface area (Å²) in [6.45, 7) is 2.57. The minimum atomic E-state index is -0.195. The maximum Gasteiger partial charge on any atom is 0.207 e. The summed E-state index contributed by atoms with van der Waals surface area (Å²) in [5.74, 6) is -0.195. The summed E-state index contributed by atoms with van der Waals surface area (Å²) in [5.41, 5.74) is 0. The molecule has 19 heavy (non-hydrogen) atoms. The van der Waals surface area contributed by atoms with Crippen LogP contribution >= 0.6 is 23.6 Å². The second-order valence-corrected chi connectivity index (χ2v) is 6.15. The first-order chi connectivity index (χ1) is 9.24. The molecule has 1 aliphatic heterocycles. The summed E-state index contributed by atoms with van der Waals surface area (Å²) < 4.78 is 2.44. The Morgan fingerprint density at radius 1 is 1.37 bits per heavy atom. The first-order valence-corrected chi connectivity index (χ1v) is 7.56. The summed E-state index contributed by atoms with van der Waals surface area (Å²) in [7, 11) is 0. The maximum absolute atomic E-state index is 9.08. The Hall–Kier alpha value is -1.44. The van der Waals surface area contributed by atoms with Gasteiger partial charge in [-0.05, 0) is 31.5 Å². The van der Waals surface area contributed by atoms with E-state index in [0.29, 0.717) is 23.3 Å². The Labute approximate surface area is 121 Å². The third-order valence-electron chi connectivity index (χ3n) is 3.15. The van der Waals surface area contributed by atoms with E-state index in [9.17, 15) is 0 Å². The van der Waals surface area contributed by atoms with Gasteiger partial charge in [0.15, 0.2) is 3.95 Å². The number of anilines is 1. The Balaban J connectivity index is 2.06. The highest BCUT2D eigenvalue weighted by Crippen LogP contribution is 2.24. The molecule has 2 heterocycles. The van der Waals surface area contributed by atoms with Gasteiger partial charge in [-0.1, -0.05) is 11.3 Å². The van der Waals surface area contributed by atoms with Crippen molar-refractivity contribution in [2.75, 3.05) is 18.0 Å². The molecule has 1 saturated heterocycles. The number of hydrogen-bond acceptors (Lipinski definition) is 6. The van der Waals surface area contributed by atoms with Crippen LogP contribution in [0, 0.1) is 32.5 Å². The molecule has 0 aliphatic carbocycles.